The summed E-state index contributed by atoms with van der Waals surface area (Å²) in [7, 11) is 0. The SMILES string of the molecule is NC(=O)CCOc1ccc(OC(F)(F)F)cc1. The fraction of sp³-hybridized carbons (Fsp3) is 0.300. The lowest BCUT2D eigenvalue weighted by Crippen LogP contribution is -2.17. The largest absolute Gasteiger partial charge is 0.573 e. The molecule has 94 valence electrons. The molecule has 1 amide bonds. The zero-order valence-electron chi connectivity index (χ0n) is 8.66. The van der Waals surface area contributed by atoms with Crippen molar-refractivity contribution in [3.63, 3.8) is 0 Å². The van der Waals surface area contributed by atoms with E-state index in [0.29, 0.717) is 5.75 Å². The van der Waals surface area contributed by atoms with Crippen LogP contribution in [0.15, 0.2) is 24.3 Å². The number of halogens is 3. The average molecular weight is 249 g/mol. The van der Waals surface area contributed by atoms with Crippen LogP contribution in [0.4, 0.5) is 13.2 Å². The van der Waals surface area contributed by atoms with Gasteiger partial charge in [0.2, 0.25) is 5.91 Å². The highest BCUT2D eigenvalue weighted by Gasteiger charge is 2.30. The topological polar surface area (TPSA) is 61.6 Å². The molecule has 1 aromatic rings. The van der Waals surface area contributed by atoms with Crippen LogP contribution < -0.4 is 15.2 Å². The van der Waals surface area contributed by atoms with Gasteiger partial charge in [0.1, 0.15) is 11.5 Å². The fourth-order valence-corrected chi connectivity index (χ4v) is 1.01. The third-order valence-electron chi connectivity index (χ3n) is 1.67. The Bertz CT molecular complexity index is 375. The van der Waals surface area contributed by atoms with Crippen molar-refractivity contribution in [3.05, 3.63) is 24.3 Å². The maximum Gasteiger partial charge on any atom is 0.573 e. The van der Waals surface area contributed by atoms with Crippen LogP contribution >= 0.6 is 0 Å². The van der Waals surface area contributed by atoms with Crippen LogP contribution in [-0.2, 0) is 4.79 Å². The number of carbonyl (C=O) groups is 1. The highest BCUT2D eigenvalue weighted by Crippen LogP contribution is 2.24. The van der Waals surface area contributed by atoms with Crippen molar-refractivity contribution in [2.24, 2.45) is 5.73 Å². The maximum absolute atomic E-state index is 11.8. The van der Waals surface area contributed by atoms with E-state index in [1.165, 1.54) is 12.1 Å². The van der Waals surface area contributed by atoms with E-state index in [4.69, 9.17) is 10.5 Å². The Hall–Kier alpha value is -1.92. The van der Waals surface area contributed by atoms with E-state index in [-0.39, 0.29) is 18.8 Å². The van der Waals surface area contributed by atoms with Crippen molar-refractivity contribution < 1.29 is 27.4 Å². The Morgan fingerprint density at radius 2 is 1.71 bits per heavy atom. The number of primary amides is 1. The molecule has 0 spiro atoms. The first kappa shape index (κ1) is 13.1. The number of rotatable bonds is 5. The summed E-state index contributed by atoms with van der Waals surface area (Å²) in [5.74, 6) is -0.512. The lowest BCUT2D eigenvalue weighted by Gasteiger charge is -2.09. The van der Waals surface area contributed by atoms with Gasteiger partial charge in [0.05, 0.1) is 13.0 Å². The fourth-order valence-electron chi connectivity index (χ4n) is 1.01. The molecule has 2 N–H and O–H groups in total. The third-order valence-corrected chi connectivity index (χ3v) is 1.67. The predicted molar refractivity (Wildman–Crippen MR) is 52.4 cm³/mol. The highest BCUT2D eigenvalue weighted by molar-refractivity contribution is 5.73. The summed E-state index contributed by atoms with van der Waals surface area (Å²) < 4.78 is 44.2. The van der Waals surface area contributed by atoms with Crippen molar-refractivity contribution >= 4 is 5.91 Å². The molecule has 0 saturated heterocycles. The molecule has 0 atom stereocenters. The lowest BCUT2D eigenvalue weighted by atomic mass is 10.3. The lowest BCUT2D eigenvalue weighted by molar-refractivity contribution is -0.274. The minimum atomic E-state index is -4.71. The van der Waals surface area contributed by atoms with Crippen molar-refractivity contribution in [1.29, 1.82) is 0 Å². The summed E-state index contributed by atoms with van der Waals surface area (Å²) in [5, 5.41) is 0. The predicted octanol–water partition coefficient (Wildman–Crippen LogP) is 1.84. The molecule has 0 fully saturated rings. The summed E-state index contributed by atoms with van der Waals surface area (Å²) in [6, 6.07) is 4.85. The van der Waals surface area contributed by atoms with E-state index in [9.17, 15) is 18.0 Å². The van der Waals surface area contributed by atoms with Gasteiger partial charge in [0.15, 0.2) is 0 Å². The second-order valence-electron chi connectivity index (χ2n) is 3.08. The zero-order valence-corrected chi connectivity index (χ0v) is 8.66. The van der Waals surface area contributed by atoms with Crippen LogP contribution in [0.25, 0.3) is 0 Å². The van der Waals surface area contributed by atoms with E-state index < -0.39 is 12.3 Å². The van der Waals surface area contributed by atoms with E-state index in [2.05, 4.69) is 4.74 Å². The molecule has 0 aromatic heterocycles. The summed E-state index contributed by atoms with van der Waals surface area (Å²) >= 11 is 0. The molecule has 7 heteroatoms. The van der Waals surface area contributed by atoms with Gasteiger partial charge in [0.25, 0.3) is 0 Å². The van der Waals surface area contributed by atoms with Crippen LogP contribution in [-0.4, -0.2) is 18.9 Å². The summed E-state index contributed by atoms with van der Waals surface area (Å²) in [5.41, 5.74) is 4.89. The van der Waals surface area contributed by atoms with Crippen molar-refractivity contribution in [3.8, 4) is 11.5 Å². The van der Waals surface area contributed by atoms with Gasteiger partial charge in [-0.25, -0.2) is 0 Å². The molecule has 0 aliphatic rings. The molecule has 0 radical (unpaired) electrons. The van der Waals surface area contributed by atoms with E-state index in [1.807, 2.05) is 0 Å². The van der Waals surface area contributed by atoms with Gasteiger partial charge in [-0.15, -0.1) is 13.2 Å². The quantitative estimate of drug-likeness (QED) is 0.866. The Balaban J connectivity index is 2.47. The first-order valence-corrected chi connectivity index (χ1v) is 4.64. The van der Waals surface area contributed by atoms with Gasteiger partial charge in [-0.3, -0.25) is 4.79 Å². The average Bonchev–Trinajstić information content (AvgIpc) is 2.18. The van der Waals surface area contributed by atoms with Gasteiger partial charge >= 0.3 is 6.36 Å². The maximum atomic E-state index is 11.8. The number of benzene rings is 1. The van der Waals surface area contributed by atoms with Crippen LogP contribution in [0.5, 0.6) is 11.5 Å². The van der Waals surface area contributed by atoms with Gasteiger partial charge in [-0.1, -0.05) is 0 Å². The van der Waals surface area contributed by atoms with Crippen molar-refractivity contribution in [2.75, 3.05) is 6.61 Å². The van der Waals surface area contributed by atoms with Crippen LogP contribution in [0.3, 0.4) is 0 Å². The number of ether oxygens (including phenoxy) is 2. The molecule has 0 bridgehead atoms. The molecular weight excluding hydrogens is 239 g/mol. The molecule has 17 heavy (non-hydrogen) atoms. The second-order valence-corrected chi connectivity index (χ2v) is 3.08. The smallest absolute Gasteiger partial charge is 0.493 e. The number of carbonyl (C=O) groups excluding carboxylic acids is 1. The molecule has 0 unspecified atom stereocenters. The van der Waals surface area contributed by atoms with Crippen LogP contribution in [0, 0.1) is 0 Å². The molecule has 0 aliphatic heterocycles. The molecule has 0 aliphatic carbocycles. The Morgan fingerprint density at radius 1 is 1.18 bits per heavy atom. The van der Waals surface area contributed by atoms with Crippen LogP contribution in [0.2, 0.25) is 0 Å². The monoisotopic (exact) mass is 249 g/mol. The van der Waals surface area contributed by atoms with Gasteiger partial charge in [-0.2, -0.15) is 0 Å². The molecule has 1 aromatic carbocycles. The van der Waals surface area contributed by atoms with E-state index in [0.717, 1.165) is 12.1 Å². The van der Waals surface area contributed by atoms with Gasteiger partial charge < -0.3 is 15.2 Å². The number of hydrogen-bond acceptors (Lipinski definition) is 3. The summed E-state index contributed by atoms with van der Waals surface area (Å²) in [6.45, 7) is 0.0782. The zero-order chi connectivity index (χ0) is 12.9. The first-order chi connectivity index (χ1) is 7.87. The second kappa shape index (κ2) is 5.42. The Morgan fingerprint density at radius 3 is 2.18 bits per heavy atom. The number of alkyl halides is 3. The van der Waals surface area contributed by atoms with E-state index >= 15 is 0 Å². The Labute approximate surface area is 95.1 Å². The number of hydrogen-bond donors (Lipinski definition) is 1. The molecule has 1 rings (SSSR count). The first-order valence-electron chi connectivity index (χ1n) is 4.64. The van der Waals surface area contributed by atoms with E-state index in [1.54, 1.807) is 0 Å². The van der Waals surface area contributed by atoms with Crippen LogP contribution in [0.1, 0.15) is 6.42 Å². The minimum absolute atomic E-state index is 0.0425. The number of amides is 1. The normalized spacial score (nSPS) is 11.0. The molecule has 4 nitrogen and oxygen atoms in total. The highest BCUT2D eigenvalue weighted by atomic mass is 19.4. The van der Waals surface area contributed by atoms with Crippen molar-refractivity contribution in [1.82, 2.24) is 0 Å². The van der Waals surface area contributed by atoms with Gasteiger partial charge in [-0.05, 0) is 24.3 Å². The summed E-state index contributed by atoms with van der Waals surface area (Å²) in [6.07, 6.45) is -4.67. The molecular formula is C10H10F3NO3. The minimum Gasteiger partial charge on any atom is -0.493 e. The molecule has 0 saturated carbocycles. The number of nitrogens with two attached hydrogens (primary N) is 1. The Kier molecular flexibility index (Phi) is 4.19. The third kappa shape index (κ3) is 5.64. The van der Waals surface area contributed by atoms with Gasteiger partial charge in [0, 0.05) is 0 Å². The molecule has 0 heterocycles. The standard InChI is InChI=1S/C10H10F3NO3/c11-10(12,13)17-8-3-1-7(2-4-8)16-6-5-9(14)15/h1-4H,5-6H2,(H2,14,15). The summed E-state index contributed by atoms with van der Waals surface area (Å²) in [4.78, 5) is 10.4. The van der Waals surface area contributed by atoms with Crippen molar-refractivity contribution in [2.45, 2.75) is 12.8 Å².